The second kappa shape index (κ2) is 21.7. The number of pyridine rings is 1. The summed E-state index contributed by atoms with van der Waals surface area (Å²) in [6, 6.07) is 23.4. The third kappa shape index (κ3) is 11.2. The Bertz CT molecular complexity index is 3180. The number of aryl methyl sites for hydroxylation is 2. The monoisotopic (exact) mass is 1030 g/mol. The highest BCUT2D eigenvalue weighted by Crippen LogP contribution is 2.39. The van der Waals surface area contributed by atoms with Crippen molar-refractivity contribution in [3.05, 3.63) is 107 Å². The summed E-state index contributed by atoms with van der Waals surface area (Å²) in [5, 5.41) is 36.7. The van der Waals surface area contributed by atoms with Gasteiger partial charge in [-0.3, -0.25) is 19.2 Å². The average Bonchev–Trinajstić information content (AvgIpc) is 4.14. The second-order valence-corrected chi connectivity index (χ2v) is 20.2. The molecule has 0 saturated carbocycles. The van der Waals surface area contributed by atoms with Gasteiger partial charge in [-0.05, 0) is 105 Å². The summed E-state index contributed by atoms with van der Waals surface area (Å²) in [7, 11) is 4.20. The van der Waals surface area contributed by atoms with Crippen LogP contribution in [0.25, 0.3) is 50.0 Å². The van der Waals surface area contributed by atoms with Crippen molar-refractivity contribution >= 4 is 33.4 Å². The predicted octanol–water partition coefficient (Wildman–Crippen LogP) is 7.65. The first-order valence-electron chi connectivity index (χ1n) is 25.7. The fourth-order valence-corrected chi connectivity index (χ4v) is 10.8. The Labute approximate surface area is 432 Å². The molecule has 2 bridgehead atoms. The molecule has 3 atom stereocenters. The molecule has 0 spiro atoms. The number of ether oxygens (including phenoxy) is 1. The Hall–Kier alpha value is -7.00. The highest BCUT2D eigenvalue weighted by Gasteiger charge is 2.35. The SMILES string of the molecule is CCc1cc(-c2nnc(C(=O)NCC(F)(F)F)n2-c2ccc(CN3CCN(C)CC3)cc2)c(O)cc1O.Cc1cccc2cccc(-c3ncc4c(N5CC6CCC(C5)N6)nc(OC[C@@H]5CCCN5C)nc4c3F)c12. The van der Waals surface area contributed by atoms with Gasteiger partial charge < -0.3 is 40.3 Å². The van der Waals surface area contributed by atoms with Gasteiger partial charge in [0, 0.05) is 87.5 Å². The number of fused-ring (bicyclic) bond motifs is 4. The number of alkyl halides is 3. The zero-order valence-electron chi connectivity index (χ0n) is 42.5. The highest BCUT2D eigenvalue weighted by molar-refractivity contribution is 6.00. The van der Waals surface area contributed by atoms with Crippen molar-refractivity contribution in [1.29, 1.82) is 0 Å². The van der Waals surface area contributed by atoms with Crippen molar-refractivity contribution in [3.63, 3.8) is 0 Å². The first kappa shape index (κ1) is 51.5. The lowest BCUT2D eigenvalue weighted by molar-refractivity contribution is -0.123. The van der Waals surface area contributed by atoms with Gasteiger partial charge in [-0.2, -0.15) is 23.1 Å². The summed E-state index contributed by atoms with van der Waals surface area (Å²) in [6.07, 6.45) is 2.15. The van der Waals surface area contributed by atoms with Crippen molar-refractivity contribution in [1.82, 2.24) is 55.0 Å². The number of piperazine rings is 2. The molecule has 0 aliphatic carbocycles. The van der Waals surface area contributed by atoms with Crippen molar-refractivity contribution in [2.24, 2.45) is 0 Å². The van der Waals surface area contributed by atoms with Crippen LogP contribution >= 0.6 is 0 Å². The molecular formula is C55H62F4N12O4. The number of phenols is 2. The largest absolute Gasteiger partial charge is 0.508 e. The molecule has 4 saturated heterocycles. The second-order valence-electron chi connectivity index (χ2n) is 20.2. The van der Waals surface area contributed by atoms with E-state index in [9.17, 15) is 28.2 Å². The standard InChI is InChI=1S/C30H33FN6O.C25H29F3N6O3/c1-18-6-3-7-19-8-4-10-23(25(18)19)27-26(31)28-24(14-32-27)29(37-15-20-11-12-21(16-37)33-20)35-30(34-28)38-17-22-9-5-13-36(22)2;1-3-17-12-19(21(36)13-20(17)35)22-30-31-23(24(37)29-15-25(26,27)28)34(22)18-6-4-16(5-7-18)14-33-10-8-32(2)9-11-33/h3-4,6-8,10,14,20-22,33H,5,9,11-13,15-17H2,1-2H3;4-7,12-13,35-36H,3,8-11,14-15H2,1-2H3,(H,29,37)/t20?,21?,22-;/m0./s1. The number of amides is 1. The number of nitrogens with one attached hydrogen (secondary N) is 2. The summed E-state index contributed by atoms with van der Waals surface area (Å²) >= 11 is 0. The molecule has 4 aliphatic rings. The number of nitrogens with zero attached hydrogens (tertiary/aromatic N) is 10. The number of aromatic hydroxyl groups is 2. The number of benzene rings is 4. The number of aromatic nitrogens is 6. The highest BCUT2D eigenvalue weighted by atomic mass is 19.4. The van der Waals surface area contributed by atoms with E-state index in [2.05, 4.69) is 84.3 Å². The Balaban J connectivity index is 0.000000171. The molecular weight excluding hydrogens is 969 g/mol. The van der Waals surface area contributed by atoms with Gasteiger partial charge >= 0.3 is 12.2 Å². The number of anilines is 1. The molecule has 75 heavy (non-hydrogen) atoms. The van der Waals surface area contributed by atoms with Gasteiger partial charge in [-0.1, -0.05) is 55.5 Å². The molecule has 11 rings (SSSR count). The third-order valence-corrected chi connectivity index (χ3v) is 14.9. The van der Waals surface area contributed by atoms with Crippen molar-refractivity contribution in [2.75, 3.05) is 78.0 Å². The molecule has 7 heterocycles. The molecule has 2 unspecified atom stereocenters. The molecule has 4 aliphatic heterocycles. The number of hydrogen-bond donors (Lipinski definition) is 4. The quantitative estimate of drug-likeness (QED) is 0.0880. The number of likely N-dealkylation sites (tertiary alicyclic amines) is 1. The van der Waals surface area contributed by atoms with Gasteiger partial charge in [0.05, 0.1) is 10.9 Å². The Morgan fingerprint density at radius 1 is 0.880 bits per heavy atom. The summed E-state index contributed by atoms with van der Waals surface area (Å²) in [5.74, 6) is -1.50. The van der Waals surface area contributed by atoms with E-state index in [1.165, 1.54) is 10.6 Å². The summed E-state index contributed by atoms with van der Waals surface area (Å²) in [4.78, 5) is 36.1. The van der Waals surface area contributed by atoms with Crippen LogP contribution in [0.4, 0.5) is 23.4 Å². The van der Waals surface area contributed by atoms with Crippen LogP contribution in [0, 0.1) is 12.7 Å². The van der Waals surface area contributed by atoms with E-state index in [4.69, 9.17) is 9.72 Å². The molecule has 7 aromatic rings. The van der Waals surface area contributed by atoms with E-state index in [0.29, 0.717) is 53.5 Å². The topological polar surface area (TPSA) is 173 Å². The minimum Gasteiger partial charge on any atom is -0.508 e. The average molecular weight is 1030 g/mol. The molecule has 4 fully saturated rings. The smallest absolute Gasteiger partial charge is 0.405 e. The maximum absolute atomic E-state index is 16.5. The summed E-state index contributed by atoms with van der Waals surface area (Å²) < 4.78 is 62.1. The molecule has 4 aromatic carbocycles. The minimum atomic E-state index is -4.60. The Morgan fingerprint density at radius 3 is 2.31 bits per heavy atom. The van der Waals surface area contributed by atoms with E-state index in [0.717, 1.165) is 117 Å². The molecule has 3 aromatic heterocycles. The number of halogens is 4. The van der Waals surface area contributed by atoms with E-state index in [1.807, 2.05) is 42.6 Å². The van der Waals surface area contributed by atoms with Crippen LogP contribution in [0.2, 0.25) is 0 Å². The first-order chi connectivity index (χ1) is 36.1. The third-order valence-electron chi connectivity index (χ3n) is 14.9. The molecule has 0 radical (unpaired) electrons. The lowest BCUT2D eigenvalue weighted by Gasteiger charge is -2.34. The Morgan fingerprint density at radius 2 is 1.61 bits per heavy atom. The number of likely N-dealkylation sites (N-methyl/N-ethyl adjacent to an activating group) is 2. The Kier molecular flexibility index (Phi) is 14.9. The molecule has 394 valence electrons. The van der Waals surface area contributed by atoms with Crippen LogP contribution in [0.15, 0.2) is 79.0 Å². The van der Waals surface area contributed by atoms with Gasteiger partial charge in [0.25, 0.3) is 5.91 Å². The van der Waals surface area contributed by atoms with Gasteiger partial charge in [0.1, 0.15) is 41.7 Å². The van der Waals surface area contributed by atoms with Crippen molar-refractivity contribution < 1.29 is 37.3 Å². The number of rotatable bonds is 12. The zero-order chi connectivity index (χ0) is 52.5. The fraction of sp³-hybridized carbons (Fsp3) is 0.418. The molecule has 4 N–H and O–H groups in total. The van der Waals surface area contributed by atoms with Gasteiger partial charge in [0.15, 0.2) is 11.6 Å². The normalized spacial score (nSPS) is 19.4. The van der Waals surface area contributed by atoms with Crippen molar-refractivity contribution in [3.8, 4) is 45.8 Å². The van der Waals surface area contributed by atoms with Crippen LogP contribution < -0.4 is 20.3 Å². The zero-order valence-corrected chi connectivity index (χ0v) is 42.5. The van der Waals surface area contributed by atoms with E-state index >= 15 is 4.39 Å². The minimum absolute atomic E-state index is 0.0520. The maximum Gasteiger partial charge on any atom is 0.405 e. The summed E-state index contributed by atoms with van der Waals surface area (Å²) in [6.45, 7) is 10.1. The predicted molar refractivity (Wildman–Crippen MR) is 279 cm³/mol. The van der Waals surface area contributed by atoms with Crippen LogP contribution in [0.1, 0.15) is 59.9 Å². The van der Waals surface area contributed by atoms with Gasteiger partial charge in [-0.25, -0.2) is 4.39 Å². The summed E-state index contributed by atoms with van der Waals surface area (Å²) in [5.41, 5.74) is 4.61. The number of carbonyl (C=O) groups is 1. The van der Waals surface area contributed by atoms with Gasteiger partial charge in [0.2, 0.25) is 5.82 Å². The van der Waals surface area contributed by atoms with E-state index in [-0.39, 0.29) is 40.2 Å². The maximum atomic E-state index is 16.5. The molecule has 16 nitrogen and oxygen atoms in total. The van der Waals surface area contributed by atoms with Crippen LogP contribution in [-0.2, 0) is 13.0 Å². The van der Waals surface area contributed by atoms with Crippen molar-refractivity contribution in [2.45, 2.75) is 76.8 Å². The molecule has 20 heteroatoms. The van der Waals surface area contributed by atoms with E-state index in [1.54, 1.807) is 18.3 Å². The number of carbonyl (C=O) groups excluding carboxylic acids is 1. The van der Waals surface area contributed by atoms with Crippen LogP contribution in [-0.4, -0.2) is 158 Å². The van der Waals surface area contributed by atoms with Crippen LogP contribution in [0.3, 0.4) is 0 Å². The van der Waals surface area contributed by atoms with E-state index < -0.39 is 24.4 Å². The number of phenolic OH excluding ortho intramolecular Hbond substituents is 2. The van der Waals surface area contributed by atoms with Crippen LogP contribution in [0.5, 0.6) is 17.5 Å². The number of hydrogen-bond acceptors (Lipinski definition) is 14. The first-order valence-corrected chi connectivity index (χ1v) is 25.7. The lowest BCUT2D eigenvalue weighted by Crippen LogP contribution is -2.51. The van der Waals surface area contributed by atoms with Gasteiger partial charge in [-0.15, -0.1) is 10.2 Å². The molecule has 1 amide bonds. The fourth-order valence-electron chi connectivity index (χ4n) is 10.8. The lowest BCUT2D eigenvalue weighted by atomic mass is 9.97.